The van der Waals surface area contributed by atoms with Crippen molar-refractivity contribution in [1.82, 2.24) is 5.32 Å². The Kier molecular flexibility index (Phi) is 3.13. The van der Waals surface area contributed by atoms with Crippen molar-refractivity contribution in [2.75, 3.05) is 5.75 Å². The van der Waals surface area contributed by atoms with Gasteiger partial charge in [-0.1, -0.05) is 11.8 Å². The van der Waals surface area contributed by atoms with Gasteiger partial charge in [0.1, 0.15) is 6.04 Å². The second-order valence-corrected chi connectivity index (χ2v) is 3.70. The quantitative estimate of drug-likeness (QED) is 0.360. The molecule has 0 aromatic heterocycles. The standard InChI is InChI=1S/C7H10N4O2S/c8-1-3-5(6(9)13)11-4(12)2-14-7(3)10/h1,5,8H,2,10H2,(H2,9,13)(H,11,12)/p+1. The first-order chi connectivity index (χ1) is 6.56. The van der Waals surface area contributed by atoms with Crippen LogP contribution in [0.2, 0.25) is 0 Å². The van der Waals surface area contributed by atoms with Crippen molar-refractivity contribution in [3.63, 3.8) is 0 Å². The predicted octanol–water partition coefficient (Wildman–Crippen LogP) is -3.30. The van der Waals surface area contributed by atoms with E-state index in [9.17, 15) is 9.59 Å². The number of primary amides is 1. The summed E-state index contributed by atoms with van der Waals surface area (Å²) in [5.74, 6) is -0.813. The van der Waals surface area contributed by atoms with Gasteiger partial charge in [0.25, 0.3) is 0 Å². The highest BCUT2D eigenvalue weighted by Gasteiger charge is 2.28. The number of nitrogens with one attached hydrogen (secondary N) is 1. The highest BCUT2D eigenvalue weighted by molar-refractivity contribution is 8.03. The molecule has 0 saturated carbocycles. The summed E-state index contributed by atoms with van der Waals surface area (Å²) >= 11 is 1.13. The molecule has 1 unspecified atom stereocenters. The molecule has 1 aliphatic heterocycles. The lowest BCUT2D eigenvalue weighted by molar-refractivity contribution is -0.125. The molecule has 7 N–H and O–H groups in total. The molecule has 0 spiro atoms. The minimum Gasteiger partial charge on any atom is -0.393 e. The van der Waals surface area contributed by atoms with Crippen molar-refractivity contribution >= 4 is 29.8 Å². The molecular formula is C7H11N4O2S+. The number of rotatable bonds is 2. The van der Waals surface area contributed by atoms with E-state index < -0.39 is 11.9 Å². The molecule has 1 atom stereocenters. The van der Waals surface area contributed by atoms with Crippen molar-refractivity contribution in [1.29, 1.82) is 0 Å². The van der Waals surface area contributed by atoms with Gasteiger partial charge in [-0.2, -0.15) is 0 Å². The minimum atomic E-state index is -0.928. The summed E-state index contributed by atoms with van der Waals surface area (Å²) in [7, 11) is 0. The Labute approximate surface area is 84.6 Å². The molecule has 0 saturated heterocycles. The van der Waals surface area contributed by atoms with E-state index in [1.807, 2.05) is 0 Å². The highest BCUT2D eigenvalue weighted by atomic mass is 32.2. The number of carbonyl (C=O) groups excluding carboxylic acids is 2. The summed E-state index contributed by atoms with van der Waals surface area (Å²) in [6.07, 6.45) is 1.18. The van der Waals surface area contributed by atoms with Crippen LogP contribution in [0.15, 0.2) is 10.6 Å². The van der Waals surface area contributed by atoms with Crippen LogP contribution in [0, 0.1) is 0 Å². The summed E-state index contributed by atoms with van der Waals surface area (Å²) < 4.78 is 0. The van der Waals surface area contributed by atoms with Crippen LogP contribution in [0.5, 0.6) is 0 Å². The third-order valence-corrected chi connectivity index (χ3v) is 2.68. The van der Waals surface area contributed by atoms with Crippen molar-refractivity contribution in [3.05, 3.63) is 10.6 Å². The fourth-order valence-electron chi connectivity index (χ4n) is 1.05. The maximum atomic E-state index is 11.1. The van der Waals surface area contributed by atoms with Crippen LogP contribution < -0.4 is 22.2 Å². The van der Waals surface area contributed by atoms with Gasteiger partial charge < -0.3 is 16.8 Å². The number of hydrogen-bond acceptors (Lipinski definition) is 4. The molecule has 0 aromatic carbocycles. The van der Waals surface area contributed by atoms with Gasteiger partial charge in [0.15, 0.2) is 6.21 Å². The molecule has 76 valence electrons. The zero-order valence-electron chi connectivity index (χ0n) is 7.32. The van der Waals surface area contributed by atoms with E-state index >= 15 is 0 Å². The average molecular weight is 215 g/mol. The minimum absolute atomic E-state index is 0.160. The third-order valence-electron chi connectivity index (χ3n) is 1.72. The number of amides is 2. The summed E-state index contributed by atoms with van der Waals surface area (Å²) in [5.41, 5.74) is 11.1. The van der Waals surface area contributed by atoms with Gasteiger partial charge in [-0.15, -0.1) is 0 Å². The van der Waals surface area contributed by atoms with Gasteiger partial charge in [-0.3, -0.25) is 15.0 Å². The molecule has 1 rings (SSSR count). The Morgan fingerprint density at radius 1 is 1.71 bits per heavy atom. The molecule has 0 aromatic rings. The van der Waals surface area contributed by atoms with Crippen LogP contribution in [-0.4, -0.2) is 29.8 Å². The number of nitrogens with two attached hydrogens (primary N) is 3. The molecule has 0 fully saturated rings. The van der Waals surface area contributed by atoms with Gasteiger partial charge in [-0.05, 0) is 0 Å². The first-order valence-electron chi connectivity index (χ1n) is 3.82. The van der Waals surface area contributed by atoms with E-state index in [1.165, 1.54) is 6.21 Å². The van der Waals surface area contributed by atoms with Crippen molar-refractivity contribution in [2.24, 2.45) is 11.5 Å². The van der Waals surface area contributed by atoms with E-state index in [2.05, 4.69) is 5.32 Å². The fourth-order valence-corrected chi connectivity index (χ4v) is 1.77. The molecule has 1 aliphatic rings. The largest absolute Gasteiger partial charge is 0.393 e. The van der Waals surface area contributed by atoms with Crippen molar-refractivity contribution < 1.29 is 15.0 Å². The molecule has 7 heteroatoms. The Hall–Kier alpha value is -1.50. The zero-order valence-corrected chi connectivity index (χ0v) is 8.14. The first kappa shape index (κ1) is 10.6. The Bertz CT molecular complexity index is 326. The lowest BCUT2D eigenvalue weighted by Gasteiger charge is -2.11. The van der Waals surface area contributed by atoms with Crippen molar-refractivity contribution in [2.45, 2.75) is 6.04 Å². The van der Waals surface area contributed by atoms with Crippen LogP contribution >= 0.6 is 11.8 Å². The first-order valence-corrected chi connectivity index (χ1v) is 4.81. The molecule has 0 radical (unpaired) electrons. The van der Waals surface area contributed by atoms with E-state index in [0.29, 0.717) is 10.6 Å². The molecule has 0 bridgehead atoms. The highest BCUT2D eigenvalue weighted by Crippen LogP contribution is 2.18. The van der Waals surface area contributed by atoms with Crippen LogP contribution in [-0.2, 0) is 9.59 Å². The fraction of sp³-hybridized carbons (Fsp3) is 0.286. The van der Waals surface area contributed by atoms with Gasteiger partial charge in [0.2, 0.25) is 11.8 Å². The lowest BCUT2D eigenvalue weighted by atomic mass is 10.1. The smallest absolute Gasteiger partial charge is 0.245 e. The number of thioether (sulfide) groups is 1. The normalized spacial score (nSPS) is 22.6. The zero-order chi connectivity index (χ0) is 10.7. The number of hydrogen-bond donors (Lipinski definition) is 4. The summed E-state index contributed by atoms with van der Waals surface area (Å²) in [4.78, 5) is 22.1. The Morgan fingerprint density at radius 2 is 2.36 bits per heavy atom. The molecule has 6 nitrogen and oxygen atoms in total. The summed E-state index contributed by atoms with van der Waals surface area (Å²) in [5, 5.41) is 8.07. The maximum Gasteiger partial charge on any atom is 0.245 e. The summed E-state index contributed by atoms with van der Waals surface area (Å²) in [6, 6.07) is -0.928. The van der Waals surface area contributed by atoms with E-state index in [-0.39, 0.29) is 11.7 Å². The Morgan fingerprint density at radius 3 is 2.86 bits per heavy atom. The van der Waals surface area contributed by atoms with Gasteiger partial charge >= 0.3 is 0 Å². The Balaban J connectivity index is 3.06. The molecular weight excluding hydrogens is 204 g/mol. The SMILES string of the molecule is NC(=O)C1NC(=O)CSC(N)=C1C=[NH2+]. The monoisotopic (exact) mass is 215 g/mol. The van der Waals surface area contributed by atoms with Gasteiger partial charge in [0, 0.05) is 0 Å². The van der Waals surface area contributed by atoms with Gasteiger partial charge in [0.05, 0.1) is 16.4 Å². The van der Waals surface area contributed by atoms with E-state index in [0.717, 1.165) is 11.8 Å². The van der Waals surface area contributed by atoms with E-state index in [4.69, 9.17) is 16.9 Å². The third kappa shape index (κ3) is 2.05. The lowest BCUT2D eigenvalue weighted by Crippen LogP contribution is -2.48. The molecule has 14 heavy (non-hydrogen) atoms. The van der Waals surface area contributed by atoms with Crippen LogP contribution in [0.25, 0.3) is 0 Å². The summed E-state index contributed by atoms with van der Waals surface area (Å²) in [6.45, 7) is 0. The average Bonchev–Trinajstić information content (AvgIpc) is 2.26. The van der Waals surface area contributed by atoms with Crippen LogP contribution in [0.3, 0.4) is 0 Å². The molecule has 2 amide bonds. The van der Waals surface area contributed by atoms with E-state index in [1.54, 1.807) is 0 Å². The van der Waals surface area contributed by atoms with Crippen LogP contribution in [0.4, 0.5) is 0 Å². The van der Waals surface area contributed by atoms with Crippen molar-refractivity contribution in [3.8, 4) is 0 Å². The second-order valence-electron chi connectivity index (χ2n) is 2.68. The van der Waals surface area contributed by atoms with Crippen LogP contribution in [0.1, 0.15) is 0 Å². The number of carbonyl (C=O) groups is 2. The maximum absolute atomic E-state index is 11.1. The molecule has 1 heterocycles. The topological polar surface area (TPSA) is 124 Å². The van der Waals surface area contributed by atoms with Gasteiger partial charge in [-0.25, -0.2) is 0 Å². The predicted molar refractivity (Wildman–Crippen MR) is 52.8 cm³/mol. The second kappa shape index (κ2) is 4.14. The molecule has 0 aliphatic carbocycles.